The molecule has 0 fully saturated rings. The number of para-hydroxylation sites is 1. The number of rotatable bonds is 5. The van der Waals surface area contributed by atoms with Gasteiger partial charge in [0.05, 0.1) is 6.21 Å². The van der Waals surface area contributed by atoms with E-state index in [1.807, 2.05) is 24.3 Å². The van der Waals surface area contributed by atoms with Crippen molar-refractivity contribution in [1.29, 1.82) is 0 Å². The highest BCUT2D eigenvalue weighted by atomic mass is 16.5. The van der Waals surface area contributed by atoms with Crippen molar-refractivity contribution < 1.29 is 9.53 Å². The predicted octanol–water partition coefficient (Wildman–Crippen LogP) is 2.00. The number of hydrazone groups is 1. The molecule has 5 heteroatoms. The molecule has 0 spiro atoms. The van der Waals surface area contributed by atoms with E-state index in [9.17, 15) is 4.79 Å². The molecular weight excluding hydrogens is 254 g/mol. The zero-order valence-electron chi connectivity index (χ0n) is 11.1. The summed E-state index contributed by atoms with van der Waals surface area (Å²) in [7, 11) is 0. The van der Waals surface area contributed by atoms with Crippen LogP contribution in [0.3, 0.4) is 0 Å². The molecule has 2 rings (SSSR count). The monoisotopic (exact) mass is 269 g/mol. The molecule has 0 radical (unpaired) electrons. The van der Waals surface area contributed by atoms with E-state index in [2.05, 4.69) is 15.5 Å². The quantitative estimate of drug-likeness (QED) is 0.667. The first-order valence-corrected chi connectivity index (χ1v) is 6.20. The van der Waals surface area contributed by atoms with Crippen LogP contribution in [0, 0.1) is 0 Å². The Labute approximate surface area is 117 Å². The van der Waals surface area contributed by atoms with Gasteiger partial charge in [-0.25, -0.2) is 5.43 Å². The van der Waals surface area contributed by atoms with Crippen LogP contribution in [0.2, 0.25) is 0 Å². The number of carbonyl (C=O) groups excluding carboxylic acids is 1. The first-order valence-electron chi connectivity index (χ1n) is 6.20. The van der Waals surface area contributed by atoms with Crippen molar-refractivity contribution in [2.24, 2.45) is 5.10 Å². The van der Waals surface area contributed by atoms with Crippen LogP contribution in [0.25, 0.3) is 0 Å². The number of ether oxygens (including phenoxy) is 1. The van der Waals surface area contributed by atoms with E-state index < -0.39 is 6.10 Å². The summed E-state index contributed by atoms with van der Waals surface area (Å²) in [5, 5.41) is 3.86. The van der Waals surface area contributed by atoms with Crippen LogP contribution in [0.5, 0.6) is 5.75 Å². The predicted molar refractivity (Wildman–Crippen MR) is 76.5 cm³/mol. The van der Waals surface area contributed by atoms with Gasteiger partial charge in [0.25, 0.3) is 5.91 Å². The molecule has 0 aliphatic heterocycles. The van der Waals surface area contributed by atoms with Gasteiger partial charge < -0.3 is 4.74 Å². The van der Waals surface area contributed by atoms with Gasteiger partial charge in [-0.2, -0.15) is 5.10 Å². The van der Waals surface area contributed by atoms with Gasteiger partial charge in [0.2, 0.25) is 0 Å². The lowest BCUT2D eigenvalue weighted by atomic mass is 10.3. The molecule has 5 nitrogen and oxygen atoms in total. The Morgan fingerprint density at radius 2 is 2.10 bits per heavy atom. The molecule has 1 N–H and O–H groups in total. The van der Waals surface area contributed by atoms with Crippen LogP contribution in [-0.4, -0.2) is 23.2 Å². The SMILES string of the molecule is CC(Oc1ccccc1)C(=O)NN=Cc1cccnc1. The Balaban J connectivity index is 1.84. The highest BCUT2D eigenvalue weighted by Gasteiger charge is 2.13. The molecule has 1 aromatic carbocycles. The Morgan fingerprint density at radius 1 is 1.30 bits per heavy atom. The second-order valence-electron chi connectivity index (χ2n) is 4.09. The third kappa shape index (κ3) is 4.20. The van der Waals surface area contributed by atoms with Crippen LogP contribution < -0.4 is 10.2 Å². The number of hydrogen-bond donors (Lipinski definition) is 1. The Morgan fingerprint density at radius 3 is 2.80 bits per heavy atom. The third-order valence-corrected chi connectivity index (χ3v) is 2.50. The van der Waals surface area contributed by atoms with Crippen molar-refractivity contribution in [1.82, 2.24) is 10.4 Å². The molecule has 0 aliphatic carbocycles. The fourth-order valence-electron chi connectivity index (χ4n) is 1.47. The Bertz CT molecular complexity index is 570. The van der Waals surface area contributed by atoms with E-state index in [1.165, 1.54) is 6.21 Å². The molecule has 1 amide bonds. The Kier molecular flexibility index (Phi) is 4.83. The van der Waals surface area contributed by atoms with Gasteiger partial charge in [-0.15, -0.1) is 0 Å². The van der Waals surface area contributed by atoms with Gasteiger partial charge in [-0.1, -0.05) is 24.3 Å². The number of nitrogens with one attached hydrogen (secondary N) is 1. The molecule has 0 saturated heterocycles. The maximum atomic E-state index is 11.8. The zero-order chi connectivity index (χ0) is 14.2. The van der Waals surface area contributed by atoms with Crippen LogP contribution in [0.1, 0.15) is 12.5 Å². The maximum Gasteiger partial charge on any atom is 0.280 e. The number of hydrogen-bond acceptors (Lipinski definition) is 4. The summed E-state index contributed by atoms with van der Waals surface area (Å²) < 4.78 is 5.48. The molecular formula is C15H15N3O2. The van der Waals surface area contributed by atoms with Crippen molar-refractivity contribution >= 4 is 12.1 Å². The fraction of sp³-hybridized carbons (Fsp3) is 0.133. The van der Waals surface area contributed by atoms with E-state index in [-0.39, 0.29) is 5.91 Å². The van der Waals surface area contributed by atoms with E-state index in [1.54, 1.807) is 37.5 Å². The smallest absolute Gasteiger partial charge is 0.280 e. The van der Waals surface area contributed by atoms with Gasteiger partial charge in [0.1, 0.15) is 5.75 Å². The van der Waals surface area contributed by atoms with E-state index in [0.717, 1.165) is 5.56 Å². The second kappa shape index (κ2) is 7.04. The summed E-state index contributed by atoms with van der Waals surface area (Å²) in [6.45, 7) is 1.67. The minimum atomic E-state index is -0.622. The van der Waals surface area contributed by atoms with Gasteiger partial charge in [-0.05, 0) is 25.1 Å². The first-order chi connectivity index (χ1) is 9.75. The number of pyridine rings is 1. The van der Waals surface area contributed by atoms with Crippen molar-refractivity contribution in [3.63, 3.8) is 0 Å². The number of benzene rings is 1. The summed E-state index contributed by atoms with van der Waals surface area (Å²) >= 11 is 0. The molecule has 0 aliphatic rings. The van der Waals surface area contributed by atoms with Crippen molar-refractivity contribution in [2.75, 3.05) is 0 Å². The fourth-order valence-corrected chi connectivity index (χ4v) is 1.47. The van der Waals surface area contributed by atoms with Crippen LogP contribution in [0.15, 0.2) is 60.0 Å². The van der Waals surface area contributed by atoms with E-state index in [0.29, 0.717) is 5.75 Å². The van der Waals surface area contributed by atoms with Gasteiger partial charge in [0.15, 0.2) is 6.10 Å². The molecule has 0 bridgehead atoms. The molecule has 1 unspecified atom stereocenters. The molecule has 102 valence electrons. The number of amides is 1. The topological polar surface area (TPSA) is 63.6 Å². The van der Waals surface area contributed by atoms with Gasteiger partial charge in [-0.3, -0.25) is 9.78 Å². The van der Waals surface area contributed by atoms with E-state index >= 15 is 0 Å². The molecule has 1 heterocycles. The zero-order valence-corrected chi connectivity index (χ0v) is 11.1. The van der Waals surface area contributed by atoms with Gasteiger partial charge >= 0.3 is 0 Å². The molecule has 0 saturated carbocycles. The summed E-state index contributed by atoms with van der Waals surface area (Å²) in [5.74, 6) is 0.334. The van der Waals surface area contributed by atoms with Gasteiger partial charge in [0, 0.05) is 18.0 Å². The summed E-state index contributed by atoms with van der Waals surface area (Å²) in [4.78, 5) is 15.7. The largest absolute Gasteiger partial charge is 0.481 e. The number of nitrogens with zero attached hydrogens (tertiary/aromatic N) is 2. The van der Waals surface area contributed by atoms with Crippen molar-refractivity contribution in [2.45, 2.75) is 13.0 Å². The minimum absolute atomic E-state index is 0.311. The van der Waals surface area contributed by atoms with Crippen LogP contribution >= 0.6 is 0 Å². The van der Waals surface area contributed by atoms with Crippen molar-refractivity contribution in [3.8, 4) is 5.75 Å². The molecule has 1 aromatic heterocycles. The third-order valence-electron chi connectivity index (χ3n) is 2.50. The van der Waals surface area contributed by atoms with Crippen LogP contribution in [-0.2, 0) is 4.79 Å². The van der Waals surface area contributed by atoms with Crippen molar-refractivity contribution in [3.05, 3.63) is 60.4 Å². The molecule has 1 atom stereocenters. The van der Waals surface area contributed by atoms with Crippen LogP contribution in [0.4, 0.5) is 0 Å². The highest BCUT2D eigenvalue weighted by molar-refractivity contribution is 5.84. The summed E-state index contributed by atoms with van der Waals surface area (Å²) in [6.07, 6.45) is 4.23. The maximum absolute atomic E-state index is 11.8. The minimum Gasteiger partial charge on any atom is -0.481 e. The first kappa shape index (κ1) is 13.7. The lowest BCUT2D eigenvalue weighted by Gasteiger charge is -2.12. The summed E-state index contributed by atoms with van der Waals surface area (Å²) in [5.41, 5.74) is 3.24. The van der Waals surface area contributed by atoms with E-state index in [4.69, 9.17) is 4.74 Å². The normalized spacial score (nSPS) is 12.1. The lowest BCUT2D eigenvalue weighted by Crippen LogP contribution is -2.33. The lowest BCUT2D eigenvalue weighted by molar-refractivity contribution is -0.127. The highest BCUT2D eigenvalue weighted by Crippen LogP contribution is 2.10. The second-order valence-corrected chi connectivity index (χ2v) is 4.09. The summed E-state index contributed by atoms with van der Waals surface area (Å²) in [6, 6.07) is 12.8. The molecule has 2 aromatic rings. The standard InChI is InChI=1S/C15H15N3O2/c1-12(20-14-7-3-2-4-8-14)15(19)18-17-11-13-6-5-9-16-10-13/h2-12H,1H3,(H,18,19). The average Bonchev–Trinajstić information content (AvgIpc) is 2.49. The average molecular weight is 269 g/mol. The molecule has 20 heavy (non-hydrogen) atoms. The number of aromatic nitrogens is 1. The Hall–Kier alpha value is -2.69. The number of carbonyl (C=O) groups is 1.